The third-order valence-electron chi connectivity index (χ3n) is 8.32. The average molecular weight is 505 g/mol. The highest BCUT2D eigenvalue weighted by molar-refractivity contribution is 5.48. The summed E-state index contributed by atoms with van der Waals surface area (Å²) in [6.07, 6.45) is 4.22. The number of hydrogen-bond acceptors (Lipinski definition) is 3. The van der Waals surface area contributed by atoms with Gasteiger partial charge in [0.25, 0.3) is 0 Å². The lowest BCUT2D eigenvalue weighted by Gasteiger charge is -2.35. The lowest BCUT2D eigenvalue weighted by molar-refractivity contribution is 0.259. The first kappa shape index (κ1) is 24.8. The molecule has 4 aromatic carbocycles. The van der Waals surface area contributed by atoms with Gasteiger partial charge in [0.2, 0.25) is 0 Å². The Balaban J connectivity index is 1.22. The zero-order chi connectivity index (χ0) is 25.7. The van der Waals surface area contributed by atoms with Crippen LogP contribution in [0.1, 0.15) is 58.9 Å². The highest BCUT2D eigenvalue weighted by Gasteiger charge is 2.37. The highest BCUT2D eigenvalue weighted by atomic mass is 16.5. The molecular formula is C35H36O3. The Hall–Kier alpha value is -3.56. The topological polar surface area (TPSA) is 38.7 Å². The van der Waals surface area contributed by atoms with Gasteiger partial charge in [0.05, 0.1) is 6.61 Å². The lowest BCUT2D eigenvalue weighted by atomic mass is 9.69. The fraction of sp³-hybridized carbons (Fsp3) is 0.314. The zero-order valence-corrected chi connectivity index (χ0v) is 21.8. The Bertz CT molecular complexity index is 1320. The van der Waals surface area contributed by atoms with Crippen LogP contribution in [-0.4, -0.2) is 18.3 Å². The normalized spacial score (nSPS) is 21.9. The minimum absolute atomic E-state index is 0.280. The van der Waals surface area contributed by atoms with Gasteiger partial charge >= 0.3 is 0 Å². The highest BCUT2D eigenvalue weighted by Crippen LogP contribution is 2.47. The summed E-state index contributed by atoms with van der Waals surface area (Å²) >= 11 is 0. The summed E-state index contributed by atoms with van der Waals surface area (Å²) in [6.45, 7) is 1.61. The van der Waals surface area contributed by atoms with Crippen molar-refractivity contribution in [1.29, 1.82) is 0 Å². The maximum Gasteiger partial charge on any atom is 0.120 e. The van der Waals surface area contributed by atoms with Crippen molar-refractivity contribution in [2.75, 3.05) is 13.2 Å². The minimum Gasteiger partial charge on any atom is -0.493 e. The first-order valence-electron chi connectivity index (χ1n) is 14.0. The van der Waals surface area contributed by atoms with Crippen LogP contribution >= 0.6 is 0 Å². The van der Waals surface area contributed by atoms with Crippen molar-refractivity contribution < 1.29 is 14.6 Å². The standard InChI is InChI=1S/C35H36O3/c36-20-19-28-21-30(28)24-38-31-14-11-27(12-15-31)35-33(26-9-5-2-6-10-26)17-13-29-22-32(16-18-34(29)35)37-23-25-7-3-1-4-8-25/h1-12,14-16,18,22,28,30,33,35-36H,13,17,19-21,23-24H2/t28-,30?,33+,35-/m0/s1. The number of ether oxygens (including phenoxy) is 2. The maximum absolute atomic E-state index is 9.15. The largest absolute Gasteiger partial charge is 0.493 e. The van der Waals surface area contributed by atoms with Crippen molar-refractivity contribution in [2.45, 2.75) is 44.1 Å². The Labute approximate surface area is 226 Å². The molecule has 0 aromatic heterocycles. The zero-order valence-electron chi connectivity index (χ0n) is 21.8. The molecule has 3 heteroatoms. The molecule has 1 unspecified atom stereocenters. The molecule has 1 N–H and O–H groups in total. The molecule has 4 aromatic rings. The van der Waals surface area contributed by atoms with Crippen molar-refractivity contribution >= 4 is 0 Å². The van der Waals surface area contributed by atoms with Gasteiger partial charge in [-0.15, -0.1) is 0 Å². The van der Waals surface area contributed by atoms with Gasteiger partial charge in [-0.25, -0.2) is 0 Å². The number of rotatable bonds is 10. The minimum atomic E-state index is 0.280. The molecule has 0 aliphatic heterocycles. The number of benzene rings is 4. The third kappa shape index (κ3) is 5.63. The fourth-order valence-corrected chi connectivity index (χ4v) is 6.11. The van der Waals surface area contributed by atoms with Gasteiger partial charge in [0.1, 0.15) is 18.1 Å². The molecule has 1 fully saturated rings. The molecule has 38 heavy (non-hydrogen) atoms. The van der Waals surface area contributed by atoms with Crippen LogP contribution in [0.4, 0.5) is 0 Å². The van der Waals surface area contributed by atoms with Crippen molar-refractivity contribution in [3.63, 3.8) is 0 Å². The molecule has 0 bridgehead atoms. The predicted octanol–water partition coefficient (Wildman–Crippen LogP) is 7.52. The van der Waals surface area contributed by atoms with Crippen molar-refractivity contribution in [3.05, 3.63) is 131 Å². The summed E-state index contributed by atoms with van der Waals surface area (Å²) in [5.74, 6) is 3.81. The molecule has 3 nitrogen and oxygen atoms in total. The molecule has 0 heterocycles. The van der Waals surface area contributed by atoms with E-state index in [0.717, 1.165) is 37.4 Å². The van der Waals surface area contributed by atoms with Crippen LogP contribution in [0.3, 0.4) is 0 Å². The van der Waals surface area contributed by atoms with E-state index in [9.17, 15) is 0 Å². The molecule has 2 aliphatic rings. The van der Waals surface area contributed by atoms with Crippen LogP contribution in [0.5, 0.6) is 11.5 Å². The van der Waals surface area contributed by atoms with Crippen molar-refractivity contribution in [2.24, 2.45) is 11.8 Å². The molecule has 0 spiro atoms. The van der Waals surface area contributed by atoms with Gasteiger partial charge < -0.3 is 14.6 Å². The summed E-state index contributed by atoms with van der Waals surface area (Å²) in [5, 5.41) is 9.15. The Morgan fingerprint density at radius 2 is 1.45 bits per heavy atom. The van der Waals surface area contributed by atoms with Crippen LogP contribution < -0.4 is 9.47 Å². The van der Waals surface area contributed by atoms with E-state index in [4.69, 9.17) is 14.6 Å². The van der Waals surface area contributed by atoms with Crippen LogP contribution in [0.25, 0.3) is 0 Å². The number of fused-ring (bicyclic) bond motifs is 1. The van der Waals surface area contributed by atoms with E-state index in [2.05, 4.69) is 97.1 Å². The number of aryl methyl sites for hydroxylation is 1. The van der Waals surface area contributed by atoms with Crippen LogP contribution in [-0.2, 0) is 13.0 Å². The van der Waals surface area contributed by atoms with Crippen LogP contribution in [0.15, 0.2) is 103 Å². The molecule has 194 valence electrons. The second kappa shape index (κ2) is 11.4. The first-order chi connectivity index (χ1) is 18.8. The van der Waals surface area contributed by atoms with E-state index in [1.54, 1.807) is 0 Å². The van der Waals surface area contributed by atoms with E-state index in [0.29, 0.717) is 24.4 Å². The Morgan fingerprint density at radius 3 is 2.21 bits per heavy atom. The van der Waals surface area contributed by atoms with Gasteiger partial charge in [-0.1, -0.05) is 78.9 Å². The van der Waals surface area contributed by atoms with Gasteiger partial charge in [0, 0.05) is 12.5 Å². The van der Waals surface area contributed by atoms with Gasteiger partial charge in [-0.05, 0) is 95.5 Å². The van der Waals surface area contributed by atoms with Crippen molar-refractivity contribution in [3.8, 4) is 11.5 Å². The summed E-state index contributed by atoms with van der Waals surface area (Å²) in [5.41, 5.74) is 6.69. The van der Waals surface area contributed by atoms with Gasteiger partial charge in [-0.2, -0.15) is 0 Å². The summed E-state index contributed by atoms with van der Waals surface area (Å²) in [7, 11) is 0. The fourth-order valence-electron chi connectivity index (χ4n) is 6.11. The van der Waals surface area contributed by atoms with E-state index in [1.807, 2.05) is 6.07 Å². The molecule has 2 aliphatic carbocycles. The van der Waals surface area contributed by atoms with E-state index >= 15 is 0 Å². The monoisotopic (exact) mass is 504 g/mol. The van der Waals surface area contributed by atoms with Crippen molar-refractivity contribution in [1.82, 2.24) is 0 Å². The Kier molecular flexibility index (Phi) is 7.46. The molecule has 4 atom stereocenters. The summed E-state index contributed by atoms with van der Waals surface area (Å²) < 4.78 is 12.3. The molecule has 1 saturated carbocycles. The third-order valence-corrected chi connectivity index (χ3v) is 8.32. The molecule has 0 radical (unpaired) electrons. The smallest absolute Gasteiger partial charge is 0.120 e. The lowest BCUT2D eigenvalue weighted by Crippen LogP contribution is -2.20. The molecule has 0 saturated heterocycles. The number of aliphatic hydroxyl groups excluding tert-OH is 1. The van der Waals surface area contributed by atoms with Crippen LogP contribution in [0.2, 0.25) is 0 Å². The van der Waals surface area contributed by atoms with E-state index in [1.165, 1.54) is 34.2 Å². The molecular weight excluding hydrogens is 468 g/mol. The van der Waals surface area contributed by atoms with Gasteiger partial charge in [-0.3, -0.25) is 0 Å². The Morgan fingerprint density at radius 1 is 0.711 bits per heavy atom. The summed E-state index contributed by atoms with van der Waals surface area (Å²) in [4.78, 5) is 0. The molecule has 0 amide bonds. The first-order valence-corrected chi connectivity index (χ1v) is 14.0. The second-order valence-corrected chi connectivity index (χ2v) is 10.8. The predicted molar refractivity (Wildman–Crippen MR) is 152 cm³/mol. The number of hydrogen-bond donors (Lipinski definition) is 1. The van der Waals surface area contributed by atoms with E-state index in [-0.39, 0.29) is 12.5 Å². The second-order valence-electron chi connectivity index (χ2n) is 10.8. The van der Waals surface area contributed by atoms with E-state index < -0.39 is 0 Å². The van der Waals surface area contributed by atoms with Crippen LogP contribution in [0, 0.1) is 11.8 Å². The molecule has 6 rings (SSSR count). The quantitative estimate of drug-likeness (QED) is 0.243. The maximum atomic E-state index is 9.15. The SMILES string of the molecule is OCC[C@H]1CC1COc1ccc([C@@H]2c3ccc(OCc4ccccc4)cc3CC[C@@H]2c2ccccc2)cc1. The summed E-state index contributed by atoms with van der Waals surface area (Å²) in [6, 6.07) is 36.7. The number of aliphatic hydroxyl groups is 1. The average Bonchev–Trinajstić information content (AvgIpc) is 3.73. The van der Waals surface area contributed by atoms with Gasteiger partial charge in [0.15, 0.2) is 0 Å².